The van der Waals surface area contributed by atoms with Crippen molar-refractivity contribution < 1.29 is 19.0 Å². The van der Waals surface area contributed by atoms with Gasteiger partial charge in [-0.3, -0.25) is 4.79 Å². The monoisotopic (exact) mass is 450 g/mol. The molecule has 0 spiro atoms. The molecule has 172 valence electrons. The van der Waals surface area contributed by atoms with Gasteiger partial charge in [0.05, 0.1) is 17.7 Å². The van der Waals surface area contributed by atoms with E-state index in [1.807, 2.05) is 6.92 Å². The number of piperidine rings is 1. The lowest BCUT2D eigenvalue weighted by Gasteiger charge is -2.38. The van der Waals surface area contributed by atoms with E-state index >= 15 is 0 Å². The fourth-order valence-corrected chi connectivity index (χ4v) is 4.04. The summed E-state index contributed by atoms with van der Waals surface area (Å²) in [4.78, 5) is 28.0. The fourth-order valence-electron chi connectivity index (χ4n) is 4.04. The molecule has 33 heavy (non-hydrogen) atoms. The van der Waals surface area contributed by atoms with Gasteiger partial charge in [0, 0.05) is 35.8 Å². The molecule has 4 rings (SSSR count). The van der Waals surface area contributed by atoms with Gasteiger partial charge >= 0.3 is 0 Å². The van der Waals surface area contributed by atoms with Crippen LogP contribution in [0.15, 0.2) is 55.0 Å². The Morgan fingerprint density at radius 3 is 2.58 bits per heavy atom. The number of halogens is 1. The second kappa shape index (κ2) is 9.23. The molecule has 0 saturated carbocycles. The van der Waals surface area contributed by atoms with Crippen molar-refractivity contribution in [3.05, 3.63) is 71.9 Å². The quantitative estimate of drug-likeness (QED) is 0.633. The van der Waals surface area contributed by atoms with E-state index in [-0.39, 0.29) is 23.6 Å². The molecule has 1 fully saturated rings. The van der Waals surface area contributed by atoms with Gasteiger partial charge in [-0.05, 0) is 70.0 Å². The van der Waals surface area contributed by atoms with E-state index in [0.29, 0.717) is 35.8 Å². The van der Waals surface area contributed by atoms with Crippen molar-refractivity contribution >= 4 is 5.91 Å². The van der Waals surface area contributed by atoms with E-state index in [2.05, 4.69) is 15.0 Å². The van der Waals surface area contributed by atoms with Gasteiger partial charge in [0.1, 0.15) is 11.9 Å². The van der Waals surface area contributed by atoms with E-state index < -0.39 is 11.4 Å². The minimum absolute atomic E-state index is 0.0531. The summed E-state index contributed by atoms with van der Waals surface area (Å²) in [5.41, 5.74) is 0.151. The molecule has 1 aliphatic heterocycles. The first-order valence-electron chi connectivity index (χ1n) is 11.0. The van der Waals surface area contributed by atoms with Crippen LogP contribution in [-0.4, -0.2) is 49.6 Å². The number of aromatic nitrogens is 3. The van der Waals surface area contributed by atoms with E-state index in [9.17, 15) is 14.3 Å². The molecule has 1 amide bonds. The first kappa shape index (κ1) is 22.8. The van der Waals surface area contributed by atoms with E-state index in [1.54, 1.807) is 55.5 Å². The van der Waals surface area contributed by atoms with Crippen molar-refractivity contribution in [3.8, 4) is 17.3 Å². The van der Waals surface area contributed by atoms with Crippen LogP contribution in [0.3, 0.4) is 0 Å². The topological polar surface area (TPSA) is 88.4 Å². The van der Waals surface area contributed by atoms with Crippen molar-refractivity contribution in [1.29, 1.82) is 0 Å². The molecular formula is C25H27FN4O3. The summed E-state index contributed by atoms with van der Waals surface area (Å²) in [5, 5.41) is 10.5. The van der Waals surface area contributed by atoms with Crippen molar-refractivity contribution in [3.63, 3.8) is 0 Å². The Hall–Kier alpha value is -3.39. The minimum Gasteiger partial charge on any atom is -0.472 e. The fraction of sp³-hybridized carbons (Fsp3) is 0.360. The van der Waals surface area contributed by atoms with Crippen LogP contribution in [-0.2, 0) is 5.60 Å². The number of nitrogens with zero attached hydrogens (tertiary/aromatic N) is 4. The molecule has 8 heteroatoms. The number of benzene rings is 1. The van der Waals surface area contributed by atoms with E-state index in [4.69, 9.17) is 4.74 Å². The average Bonchev–Trinajstić information content (AvgIpc) is 2.80. The number of aliphatic hydroxyl groups is 1. The Bertz CT molecular complexity index is 1130. The zero-order valence-electron chi connectivity index (χ0n) is 18.9. The molecule has 3 aromatic rings. The Labute approximate surface area is 192 Å². The van der Waals surface area contributed by atoms with Crippen LogP contribution in [0, 0.1) is 5.82 Å². The smallest absolute Gasteiger partial charge is 0.255 e. The lowest BCUT2D eigenvalue weighted by molar-refractivity contribution is 0.0326. The highest BCUT2D eigenvalue weighted by Crippen LogP contribution is 2.31. The molecule has 2 aromatic heterocycles. The molecule has 0 aliphatic carbocycles. The van der Waals surface area contributed by atoms with Gasteiger partial charge < -0.3 is 14.7 Å². The number of hydrogen-bond acceptors (Lipinski definition) is 6. The number of carbonyl (C=O) groups excluding carboxylic acids is 1. The number of carbonyl (C=O) groups is 1. The predicted molar refractivity (Wildman–Crippen MR) is 121 cm³/mol. The van der Waals surface area contributed by atoms with Gasteiger partial charge in [0.25, 0.3) is 5.91 Å². The third-order valence-electron chi connectivity index (χ3n) is 5.83. The predicted octanol–water partition coefficient (Wildman–Crippen LogP) is 3.98. The van der Waals surface area contributed by atoms with Gasteiger partial charge in [0.2, 0.25) is 5.88 Å². The molecule has 1 aliphatic rings. The van der Waals surface area contributed by atoms with Crippen molar-refractivity contribution in [2.24, 2.45) is 0 Å². The maximum Gasteiger partial charge on any atom is 0.255 e. The maximum atomic E-state index is 14.1. The first-order valence-corrected chi connectivity index (χ1v) is 11.0. The number of hydrogen-bond donors (Lipinski definition) is 1. The van der Waals surface area contributed by atoms with Gasteiger partial charge in [-0.1, -0.05) is 0 Å². The molecule has 0 bridgehead atoms. The second-order valence-electron chi connectivity index (χ2n) is 8.80. The lowest BCUT2D eigenvalue weighted by atomic mass is 9.97. The van der Waals surface area contributed by atoms with E-state index in [0.717, 1.165) is 6.42 Å². The summed E-state index contributed by atoms with van der Waals surface area (Å²) in [6.07, 6.45) is 5.91. The highest BCUT2D eigenvalue weighted by atomic mass is 19.1. The minimum atomic E-state index is -1.12. The number of pyridine rings is 1. The standard InChI is InChI=1S/C25H27FN4O3/c1-16-7-9-18(33-23-21(25(2,3)32)6-4-11-29-23)15-30(16)24(31)20-14-17(26)8-10-19(20)22-27-12-5-13-28-22/h4-6,8,10-14,16,18,32H,7,9,15H2,1-3H3. The van der Waals surface area contributed by atoms with Crippen molar-refractivity contribution in [2.75, 3.05) is 6.54 Å². The average molecular weight is 451 g/mol. The third-order valence-corrected chi connectivity index (χ3v) is 5.83. The van der Waals surface area contributed by atoms with Crippen molar-refractivity contribution in [1.82, 2.24) is 19.9 Å². The zero-order chi connectivity index (χ0) is 23.6. The SMILES string of the molecule is CC1CCC(Oc2ncccc2C(C)(C)O)CN1C(=O)c1cc(F)ccc1-c1ncccn1. The van der Waals surface area contributed by atoms with Gasteiger partial charge in [0.15, 0.2) is 5.82 Å². The summed E-state index contributed by atoms with van der Waals surface area (Å²) < 4.78 is 20.3. The molecule has 0 radical (unpaired) electrons. The zero-order valence-corrected chi connectivity index (χ0v) is 18.9. The van der Waals surface area contributed by atoms with E-state index in [1.165, 1.54) is 18.2 Å². The van der Waals surface area contributed by atoms with Crippen LogP contribution in [0.1, 0.15) is 49.5 Å². The summed E-state index contributed by atoms with van der Waals surface area (Å²) in [5.74, 6) is -0.0945. The summed E-state index contributed by atoms with van der Waals surface area (Å²) in [7, 11) is 0. The maximum absolute atomic E-state index is 14.1. The summed E-state index contributed by atoms with van der Waals surface area (Å²) in [6, 6.07) is 9.21. The Kier molecular flexibility index (Phi) is 6.37. The molecule has 2 atom stereocenters. The molecule has 2 unspecified atom stereocenters. The van der Waals surface area contributed by atoms with Crippen molar-refractivity contribution in [2.45, 2.75) is 51.4 Å². The first-order chi connectivity index (χ1) is 15.7. The van der Waals surface area contributed by atoms with Crippen LogP contribution >= 0.6 is 0 Å². The third kappa shape index (κ3) is 5.01. The Morgan fingerprint density at radius 1 is 1.12 bits per heavy atom. The highest BCUT2D eigenvalue weighted by molar-refractivity contribution is 6.00. The second-order valence-corrected chi connectivity index (χ2v) is 8.80. The van der Waals surface area contributed by atoms with Gasteiger partial charge in [-0.15, -0.1) is 0 Å². The van der Waals surface area contributed by atoms with Gasteiger partial charge in [-0.2, -0.15) is 0 Å². The molecule has 7 nitrogen and oxygen atoms in total. The van der Waals surface area contributed by atoms with Crippen LogP contribution in [0.5, 0.6) is 5.88 Å². The molecule has 1 saturated heterocycles. The largest absolute Gasteiger partial charge is 0.472 e. The summed E-state index contributed by atoms with van der Waals surface area (Å²) in [6.45, 7) is 5.63. The van der Waals surface area contributed by atoms with Gasteiger partial charge in [-0.25, -0.2) is 19.3 Å². The molecule has 1 N–H and O–H groups in total. The van der Waals surface area contributed by atoms with Crippen LogP contribution in [0.2, 0.25) is 0 Å². The Morgan fingerprint density at radius 2 is 1.85 bits per heavy atom. The summed E-state index contributed by atoms with van der Waals surface area (Å²) >= 11 is 0. The number of rotatable bonds is 5. The van der Waals surface area contributed by atoms with Crippen LogP contribution < -0.4 is 4.74 Å². The number of amides is 1. The normalized spacial score (nSPS) is 18.8. The molecule has 1 aromatic carbocycles. The lowest BCUT2D eigenvalue weighted by Crippen LogP contribution is -2.49. The van der Waals surface area contributed by atoms with Crippen LogP contribution in [0.4, 0.5) is 4.39 Å². The highest BCUT2D eigenvalue weighted by Gasteiger charge is 2.33. The molecular weight excluding hydrogens is 423 g/mol. The number of likely N-dealkylation sites (tertiary alicyclic amines) is 1. The Balaban J connectivity index is 1.60. The number of ether oxygens (including phenoxy) is 1. The van der Waals surface area contributed by atoms with Crippen LogP contribution in [0.25, 0.3) is 11.4 Å². The molecule has 3 heterocycles.